The molecule has 2 aromatic rings. The van der Waals surface area contributed by atoms with Crippen molar-refractivity contribution in [2.45, 2.75) is 11.7 Å². The minimum absolute atomic E-state index is 0.00161. The van der Waals surface area contributed by atoms with E-state index in [9.17, 15) is 9.59 Å². The zero-order chi connectivity index (χ0) is 23.4. The maximum atomic E-state index is 13.2. The monoisotopic (exact) mass is 468 g/mol. The van der Waals surface area contributed by atoms with E-state index in [1.165, 1.54) is 16.7 Å². The number of rotatable bonds is 5. The fourth-order valence-electron chi connectivity index (χ4n) is 3.84. The van der Waals surface area contributed by atoms with E-state index in [2.05, 4.69) is 9.89 Å². The van der Waals surface area contributed by atoms with Gasteiger partial charge in [0.25, 0.3) is 0 Å². The molecule has 8 nitrogen and oxygen atoms in total. The minimum Gasteiger partial charge on any atom is -0.497 e. The quantitative estimate of drug-likeness (QED) is 0.672. The number of carbonyl (C=O) groups is 2. The molecule has 0 radical (unpaired) electrons. The molecule has 2 aliphatic heterocycles. The second-order valence-corrected chi connectivity index (χ2v) is 9.04. The van der Waals surface area contributed by atoms with Gasteiger partial charge in [-0.1, -0.05) is 11.8 Å². The van der Waals surface area contributed by atoms with Crippen LogP contribution in [0.4, 0.5) is 11.4 Å². The SMILES string of the molecule is COc1ccc(N=C2S[C@H](C(=O)N3CCN(c4ccc(OC)cc4)CC3)CC(=O)N2C)cc1. The number of piperazine rings is 1. The lowest BCUT2D eigenvalue weighted by atomic mass is 10.2. The van der Waals surface area contributed by atoms with Crippen molar-refractivity contribution >= 4 is 40.1 Å². The van der Waals surface area contributed by atoms with E-state index in [1.54, 1.807) is 21.3 Å². The van der Waals surface area contributed by atoms with Crippen LogP contribution in [-0.4, -0.2) is 79.5 Å². The Hall–Kier alpha value is -3.20. The summed E-state index contributed by atoms with van der Waals surface area (Å²) in [6, 6.07) is 15.2. The van der Waals surface area contributed by atoms with Gasteiger partial charge in [-0.15, -0.1) is 0 Å². The predicted octanol–water partition coefficient (Wildman–Crippen LogP) is 3.00. The highest BCUT2D eigenvalue weighted by Gasteiger charge is 2.37. The smallest absolute Gasteiger partial charge is 0.236 e. The van der Waals surface area contributed by atoms with Crippen LogP contribution in [0.2, 0.25) is 0 Å². The lowest BCUT2D eigenvalue weighted by Crippen LogP contribution is -2.53. The average molecular weight is 469 g/mol. The normalized spacial score (nSPS) is 20.2. The number of amidine groups is 1. The van der Waals surface area contributed by atoms with Crippen molar-refractivity contribution in [3.8, 4) is 11.5 Å². The molecule has 1 atom stereocenters. The van der Waals surface area contributed by atoms with Gasteiger partial charge in [0.1, 0.15) is 16.7 Å². The molecule has 2 aromatic carbocycles. The number of hydrogen-bond donors (Lipinski definition) is 0. The number of aliphatic imine (C=N–C) groups is 1. The van der Waals surface area contributed by atoms with Crippen molar-refractivity contribution < 1.29 is 19.1 Å². The van der Waals surface area contributed by atoms with Gasteiger partial charge in [-0.25, -0.2) is 4.99 Å². The summed E-state index contributed by atoms with van der Waals surface area (Å²) in [5, 5.41) is 0.0740. The van der Waals surface area contributed by atoms with Crippen molar-refractivity contribution in [1.29, 1.82) is 0 Å². The number of amides is 2. The first kappa shape index (κ1) is 23.0. The number of thioether (sulfide) groups is 1. The number of anilines is 1. The third kappa shape index (κ3) is 5.24. The molecule has 0 unspecified atom stereocenters. The van der Waals surface area contributed by atoms with Crippen LogP contribution in [0, 0.1) is 0 Å². The Morgan fingerprint density at radius 2 is 1.52 bits per heavy atom. The molecule has 0 aromatic heterocycles. The summed E-state index contributed by atoms with van der Waals surface area (Å²) in [5.41, 5.74) is 1.82. The maximum Gasteiger partial charge on any atom is 0.236 e. The van der Waals surface area contributed by atoms with E-state index in [0.717, 1.165) is 30.3 Å². The summed E-state index contributed by atoms with van der Waals surface area (Å²) in [6.45, 7) is 2.74. The summed E-state index contributed by atoms with van der Waals surface area (Å²) >= 11 is 1.36. The maximum absolute atomic E-state index is 13.2. The van der Waals surface area contributed by atoms with Crippen LogP contribution < -0.4 is 14.4 Å². The van der Waals surface area contributed by atoms with Gasteiger partial charge in [0.15, 0.2) is 5.17 Å². The summed E-state index contributed by atoms with van der Waals surface area (Å²) < 4.78 is 10.4. The molecule has 2 amide bonds. The standard InChI is InChI=1S/C24H28N4O4S/c1-26-22(29)16-21(33-24(26)25-17-4-8-19(31-2)9-5-17)23(30)28-14-12-27(13-15-28)18-6-10-20(32-3)11-7-18/h4-11,21H,12-16H2,1-3H3/t21-/m0/s1. The van der Waals surface area contributed by atoms with Crippen LogP contribution in [0.25, 0.3) is 0 Å². The lowest BCUT2D eigenvalue weighted by Gasteiger charge is -2.38. The van der Waals surface area contributed by atoms with Gasteiger partial charge in [0.05, 0.1) is 19.9 Å². The molecule has 2 heterocycles. The molecular weight excluding hydrogens is 440 g/mol. The first-order valence-electron chi connectivity index (χ1n) is 10.8. The zero-order valence-corrected chi connectivity index (χ0v) is 19.9. The van der Waals surface area contributed by atoms with Gasteiger partial charge in [-0.3, -0.25) is 14.5 Å². The second kappa shape index (κ2) is 10.2. The number of methoxy groups -OCH3 is 2. The molecule has 9 heteroatoms. The molecule has 174 valence electrons. The van der Waals surface area contributed by atoms with E-state index in [1.807, 2.05) is 53.4 Å². The summed E-state index contributed by atoms with van der Waals surface area (Å²) in [6.07, 6.45) is 0.181. The Balaban J connectivity index is 1.40. The Labute approximate surface area is 198 Å². The Morgan fingerprint density at radius 1 is 0.939 bits per heavy atom. The Kier molecular flexibility index (Phi) is 7.08. The van der Waals surface area contributed by atoms with Gasteiger partial charge in [0, 0.05) is 45.3 Å². The summed E-state index contributed by atoms with van der Waals surface area (Å²) in [4.78, 5) is 36.1. The van der Waals surface area contributed by atoms with Gasteiger partial charge >= 0.3 is 0 Å². The average Bonchev–Trinajstić information content (AvgIpc) is 2.87. The molecule has 4 rings (SSSR count). The van der Waals surface area contributed by atoms with E-state index in [4.69, 9.17) is 9.47 Å². The zero-order valence-electron chi connectivity index (χ0n) is 19.1. The highest BCUT2D eigenvalue weighted by atomic mass is 32.2. The molecule has 0 aliphatic carbocycles. The van der Waals surface area contributed by atoms with Crippen LogP contribution in [0.1, 0.15) is 6.42 Å². The first-order valence-corrected chi connectivity index (χ1v) is 11.7. The number of hydrogen-bond acceptors (Lipinski definition) is 7. The van der Waals surface area contributed by atoms with Gasteiger partial charge in [-0.2, -0.15) is 0 Å². The van der Waals surface area contributed by atoms with Gasteiger partial charge in [0.2, 0.25) is 11.8 Å². The van der Waals surface area contributed by atoms with E-state index in [-0.39, 0.29) is 18.2 Å². The number of ether oxygens (including phenoxy) is 2. The Morgan fingerprint density at radius 3 is 2.09 bits per heavy atom. The van der Waals surface area contributed by atoms with Gasteiger partial charge < -0.3 is 19.3 Å². The highest BCUT2D eigenvalue weighted by Crippen LogP contribution is 2.30. The lowest BCUT2D eigenvalue weighted by molar-refractivity contribution is -0.134. The molecule has 0 N–H and O–H groups in total. The molecule has 2 fully saturated rings. The summed E-state index contributed by atoms with van der Waals surface area (Å²) in [7, 11) is 4.96. The first-order chi connectivity index (χ1) is 16.0. The van der Waals surface area contributed by atoms with Crippen LogP contribution in [0.5, 0.6) is 11.5 Å². The van der Waals surface area contributed by atoms with Crippen molar-refractivity contribution in [2.24, 2.45) is 4.99 Å². The third-order valence-corrected chi connectivity index (χ3v) is 7.10. The van der Waals surface area contributed by atoms with Crippen molar-refractivity contribution in [2.75, 3.05) is 52.3 Å². The van der Waals surface area contributed by atoms with Crippen LogP contribution in [-0.2, 0) is 9.59 Å². The third-order valence-electron chi connectivity index (χ3n) is 5.87. The number of carbonyl (C=O) groups excluding carboxylic acids is 2. The summed E-state index contributed by atoms with van der Waals surface area (Å²) in [5.74, 6) is 1.46. The predicted molar refractivity (Wildman–Crippen MR) is 131 cm³/mol. The van der Waals surface area contributed by atoms with Crippen LogP contribution >= 0.6 is 11.8 Å². The van der Waals surface area contributed by atoms with Crippen molar-refractivity contribution in [3.63, 3.8) is 0 Å². The van der Waals surface area contributed by atoms with Crippen LogP contribution in [0.15, 0.2) is 53.5 Å². The molecule has 2 aliphatic rings. The molecule has 0 bridgehead atoms. The number of nitrogens with zero attached hydrogens (tertiary/aromatic N) is 4. The second-order valence-electron chi connectivity index (χ2n) is 7.87. The number of benzene rings is 2. The fourth-order valence-corrected chi connectivity index (χ4v) is 4.99. The van der Waals surface area contributed by atoms with Crippen molar-refractivity contribution in [3.05, 3.63) is 48.5 Å². The molecule has 0 spiro atoms. The topological polar surface area (TPSA) is 74.7 Å². The van der Waals surface area contributed by atoms with E-state index < -0.39 is 5.25 Å². The van der Waals surface area contributed by atoms with Crippen LogP contribution in [0.3, 0.4) is 0 Å². The minimum atomic E-state index is -0.460. The van der Waals surface area contributed by atoms with Gasteiger partial charge in [-0.05, 0) is 48.5 Å². The van der Waals surface area contributed by atoms with Crippen molar-refractivity contribution in [1.82, 2.24) is 9.80 Å². The molecule has 0 saturated carbocycles. The Bertz CT molecular complexity index is 1020. The molecule has 2 saturated heterocycles. The highest BCUT2D eigenvalue weighted by molar-refractivity contribution is 8.15. The van der Waals surface area contributed by atoms with E-state index in [0.29, 0.717) is 23.9 Å². The fraction of sp³-hybridized carbons (Fsp3) is 0.375. The largest absolute Gasteiger partial charge is 0.497 e. The molecule has 33 heavy (non-hydrogen) atoms. The molecular formula is C24H28N4O4S. The van der Waals surface area contributed by atoms with E-state index >= 15 is 0 Å².